The van der Waals surface area contributed by atoms with E-state index in [1.807, 2.05) is 0 Å². The maximum absolute atomic E-state index is 12.2. The molecule has 7 nitrogen and oxygen atoms in total. The number of rotatable bonds is 7. The zero-order valence-electron chi connectivity index (χ0n) is 17.2. The van der Waals surface area contributed by atoms with Gasteiger partial charge in [-0.25, -0.2) is 4.79 Å². The van der Waals surface area contributed by atoms with E-state index in [-0.39, 0.29) is 22.8 Å². The summed E-state index contributed by atoms with van der Waals surface area (Å²) in [6.45, 7) is 17.1. The number of aromatic amines is 1. The van der Waals surface area contributed by atoms with E-state index in [9.17, 15) is 9.59 Å². The van der Waals surface area contributed by atoms with Crippen molar-refractivity contribution in [2.24, 2.45) is 0 Å². The summed E-state index contributed by atoms with van der Waals surface area (Å²) in [7, 11) is -2.02. The lowest BCUT2D eigenvalue weighted by Gasteiger charge is -2.39. The molecule has 8 heteroatoms. The molecule has 0 unspecified atom stereocenters. The fraction of sp³-hybridized carbons (Fsp3) is 0.684. The molecule has 3 atom stereocenters. The third kappa shape index (κ3) is 5.07. The molecular formula is C19H32N2O5Si. The van der Waals surface area contributed by atoms with Crippen LogP contribution in [0.2, 0.25) is 18.1 Å². The molecule has 1 aliphatic rings. The highest BCUT2D eigenvalue weighted by Crippen LogP contribution is 2.40. The standard InChI is InChI=1S/C19H32N2O5Si/c1-8-9-24-12-15-14(26-27(6,7)19(3,4)5)10-16(25-15)21-11-13(2)17(22)20-18(21)23/h8,11,14-16H,1,9-10,12H2,2-7H3,(H,20,22,23)/t14-,15+,16+/m0/s1. The van der Waals surface area contributed by atoms with Gasteiger partial charge in [-0.3, -0.25) is 14.3 Å². The van der Waals surface area contributed by atoms with E-state index >= 15 is 0 Å². The van der Waals surface area contributed by atoms with E-state index < -0.39 is 20.2 Å². The minimum absolute atomic E-state index is 0.0586. The Kier molecular flexibility index (Phi) is 6.67. The van der Waals surface area contributed by atoms with Crippen LogP contribution in [0, 0.1) is 6.92 Å². The average molecular weight is 397 g/mol. The average Bonchev–Trinajstić information content (AvgIpc) is 2.92. The quantitative estimate of drug-likeness (QED) is 0.435. The monoisotopic (exact) mass is 396 g/mol. The van der Waals surface area contributed by atoms with Crippen LogP contribution in [0.1, 0.15) is 39.0 Å². The Morgan fingerprint density at radius 3 is 2.67 bits per heavy atom. The van der Waals surface area contributed by atoms with Gasteiger partial charge in [-0.1, -0.05) is 26.8 Å². The lowest BCUT2D eigenvalue weighted by molar-refractivity contribution is -0.0576. The molecule has 1 aliphatic heterocycles. The van der Waals surface area contributed by atoms with E-state index in [2.05, 4.69) is 45.4 Å². The first-order valence-electron chi connectivity index (χ1n) is 9.30. The molecule has 0 radical (unpaired) electrons. The summed E-state index contributed by atoms with van der Waals surface area (Å²) in [5, 5.41) is 0.0586. The van der Waals surface area contributed by atoms with Crippen molar-refractivity contribution in [3.05, 3.63) is 45.3 Å². The number of aryl methyl sites for hydroxylation is 1. The number of H-pyrrole nitrogens is 1. The van der Waals surface area contributed by atoms with Crippen LogP contribution in [0.3, 0.4) is 0 Å². The van der Waals surface area contributed by atoms with Crippen LogP contribution >= 0.6 is 0 Å². The molecule has 0 aliphatic carbocycles. The number of aromatic nitrogens is 2. The van der Waals surface area contributed by atoms with Crippen LogP contribution in [0.4, 0.5) is 0 Å². The fourth-order valence-corrected chi connectivity index (χ4v) is 4.13. The Hall–Kier alpha value is -1.48. The molecule has 2 heterocycles. The lowest BCUT2D eigenvalue weighted by Crippen LogP contribution is -2.46. The van der Waals surface area contributed by atoms with Crippen LogP contribution in [0.25, 0.3) is 0 Å². The van der Waals surface area contributed by atoms with Gasteiger partial charge in [-0.2, -0.15) is 0 Å². The van der Waals surface area contributed by atoms with Crippen LogP contribution in [-0.4, -0.2) is 43.3 Å². The van der Waals surface area contributed by atoms with Gasteiger partial charge in [-0.05, 0) is 25.1 Å². The van der Waals surface area contributed by atoms with Crippen molar-refractivity contribution in [1.82, 2.24) is 9.55 Å². The summed E-state index contributed by atoms with van der Waals surface area (Å²) in [5.74, 6) is 0. The molecule has 0 amide bonds. The zero-order chi connectivity index (χ0) is 20.4. The first-order valence-corrected chi connectivity index (χ1v) is 12.2. The first kappa shape index (κ1) is 21.8. The molecule has 0 bridgehead atoms. The van der Waals surface area contributed by atoms with Crippen molar-refractivity contribution >= 4 is 8.32 Å². The minimum atomic E-state index is -2.02. The van der Waals surface area contributed by atoms with Gasteiger partial charge in [-0.15, -0.1) is 6.58 Å². The Bertz CT molecular complexity index is 778. The van der Waals surface area contributed by atoms with Gasteiger partial charge in [0.05, 0.1) is 19.3 Å². The van der Waals surface area contributed by atoms with Crippen LogP contribution < -0.4 is 11.2 Å². The molecule has 152 valence electrons. The Morgan fingerprint density at radius 1 is 1.41 bits per heavy atom. The maximum atomic E-state index is 12.2. The van der Waals surface area contributed by atoms with E-state index in [0.717, 1.165) is 0 Å². The van der Waals surface area contributed by atoms with Gasteiger partial charge in [0.2, 0.25) is 0 Å². The highest BCUT2D eigenvalue weighted by molar-refractivity contribution is 6.74. The number of nitrogens with one attached hydrogen (secondary N) is 1. The molecule has 1 fully saturated rings. The summed E-state index contributed by atoms with van der Waals surface area (Å²) in [6, 6.07) is 0. The summed E-state index contributed by atoms with van der Waals surface area (Å²) in [4.78, 5) is 26.2. The van der Waals surface area contributed by atoms with Gasteiger partial charge in [0.25, 0.3) is 5.56 Å². The number of hydrogen-bond acceptors (Lipinski definition) is 5. The molecule has 2 rings (SSSR count). The zero-order valence-corrected chi connectivity index (χ0v) is 18.2. The second kappa shape index (κ2) is 8.26. The molecule has 1 aromatic heterocycles. The molecule has 0 saturated carbocycles. The highest BCUT2D eigenvalue weighted by atomic mass is 28.4. The maximum Gasteiger partial charge on any atom is 0.330 e. The van der Waals surface area contributed by atoms with Crippen LogP contribution in [0.15, 0.2) is 28.4 Å². The third-order valence-corrected chi connectivity index (χ3v) is 9.91. The van der Waals surface area contributed by atoms with E-state index in [1.54, 1.807) is 19.2 Å². The second-order valence-electron chi connectivity index (χ2n) is 8.59. The molecule has 27 heavy (non-hydrogen) atoms. The van der Waals surface area contributed by atoms with Gasteiger partial charge in [0.15, 0.2) is 8.32 Å². The summed E-state index contributed by atoms with van der Waals surface area (Å²) >= 11 is 0. The summed E-state index contributed by atoms with van der Waals surface area (Å²) < 4.78 is 19.7. The Balaban J connectivity index is 2.26. The predicted molar refractivity (Wildman–Crippen MR) is 108 cm³/mol. The van der Waals surface area contributed by atoms with Crippen molar-refractivity contribution in [1.29, 1.82) is 0 Å². The van der Waals surface area contributed by atoms with Crippen molar-refractivity contribution in [3.8, 4) is 0 Å². The predicted octanol–water partition coefficient (Wildman–Crippen LogP) is 2.73. The van der Waals surface area contributed by atoms with Gasteiger partial charge < -0.3 is 13.9 Å². The van der Waals surface area contributed by atoms with Crippen molar-refractivity contribution in [2.75, 3.05) is 13.2 Å². The smallest absolute Gasteiger partial charge is 0.330 e. The molecule has 1 saturated heterocycles. The van der Waals surface area contributed by atoms with Gasteiger partial charge in [0, 0.05) is 18.2 Å². The number of hydrogen-bond donors (Lipinski definition) is 1. The fourth-order valence-electron chi connectivity index (χ4n) is 2.77. The molecule has 1 aromatic rings. The van der Waals surface area contributed by atoms with Gasteiger partial charge in [0.1, 0.15) is 12.3 Å². The molecule has 0 spiro atoms. The highest BCUT2D eigenvalue weighted by Gasteiger charge is 2.45. The number of ether oxygens (including phenoxy) is 2. The van der Waals surface area contributed by atoms with E-state index in [4.69, 9.17) is 13.9 Å². The normalized spacial score (nSPS) is 23.6. The van der Waals surface area contributed by atoms with E-state index in [0.29, 0.717) is 25.2 Å². The van der Waals surface area contributed by atoms with Gasteiger partial charge >= 0.3 is 5.69 Å². The molecular weight excluding hydrogens is 364 g/mol. The summed E-state index contributed by atoms with van der Waals surface area (Å²) in [5.41, 5.74) is -0.394. The minimum Gasteiger partial charge on any atom is -0.411 e. The molecule has 1 N–H and O–H groups in total. The Morgan fingerprint density at radius 2 is 2.07 bits per heavy atom. The van der Waals surface area contributed by atoms with E-state index in [1.165, 1.54) is 4.57 Å². The SMILES string of the molecule is C=CCOC[C@H]1O[C@@H](n2cc(C)c(=O)[nH]c2=O)C[C@@H]1O[Si](C)(C)C(C)(C)C. The Labute approximate surface area is 161 Å². The third-order valence-electron chi connectivity index (χ3n) is 5.41. The van der Waals surface area contributed by atoms with Crippen LogP contribution in [-0.2, 0) is 13.9 Å². The van der Waals surface area contributed by atoms with Crippen molar-refractivity contribution < 1.29 is 13.9 Å². The lowest BCUT2D eigenvalue weighted by atomic mass is 10.2. The number of nitrogens with zero attached hydrogens (tertiary/aromatic N) is 1. The summed E-state index contributed by atoms with van der Waals surface area (Å²) in [6.07, 6.45) is 2.79. The van der Waals surface area contributed by atoms with Crippen molar-refractivity contribution in [3.63, 3.8) is 0 Å². The van der Waals surface area contributed by atoms with Crippen molar-refractivity contribution in [2.45, 2.75) is 70.7 Å². The van der Waals surface area contributed by atoms with Crippen LogP contribution in [0.5, 0.6) is 0 Å². The molecule has 0 aromatic carbocycles. The second-order valence-corrected chi connectivity index (χ2v) is 13.3. The largest absolute Gasteiger partial charge is 0.411 e. The topological polar surface area (TPSA) is 82.5 Å². The first-order chi connectivity index (χ1) is 12.5.